The minimum atomic E-state index is 0.169. The summed E-state index contributed by atoms with van der Waals surface area (Å²) in [5, 5.41) is 6.78. The first-order valence-electron chi connectivity index (χ1n) is 6.10. The SMILES string of the molecule is CNC(C)(C)CNCCc1ccc(SC)cc1. The van der Waals surface area contributed by atoms with Crippen LogP contribution in [0.15, 0.2) is 29.2 Å². The van der Waals surface area contributed by atoms with Crippen LogP contribution in [-0.4, -0.2) is 31.9 Å². The molecule has 1 rings (SSSR count). The van der Waals surface area contributed by atoms with Gasteiger partial charge in [-0.3, -0.25) is 0 Å². The Hall–Kier alpha value is -0.510. The lowest BCUT2D eigenvalue weighted by molar-refractivity contribution is 0.395. The topological polar surface area (TPSA) is 24.1 Å². The molecule has 0 aromatic heterocycles. The first kappa shape index (κ1) is 14.6. The zero-order valence-electron chi connectivity index (χ0n) is 11.3. The fourth-order valence-corrected chi connectivity index (χ4v) is 1.92. The number of hydrogen-bond acceptors (Lipinski definition) is 3. The summed E-state index contributed by atoms with van der Waals surface area (Å²) in [6.07, 6.45) is 3.20. The highest BCUT2D eigenvalue weighted by Gasteiger charge is 2.12. The lowest BCUT2D eigenvalue weighted by Crippen LogP contribution is -2.46. The van der Waals surface area contributed by atoms with Crippen molar-refractivity contribution in [1.82, 2.24) is 10.6 Å². The van der Waals surface area contributed by atoms with Crippen LogP contribution < -0.4 is 10.6 Å². The van der Waals surface area contributed by atoms with Crippen LogP contribution >= 0.6 is 11.8 Å². The van der Waals surface area contributed by atoms with Gasteiger partial charge in [0.05, 0.1) is 0 Å². The molecule has 0 atom stereocenters. The van der Waals surface area contributed by atoms with Gasteiger partial charge in [0.1, 0.15) is 0 Å². The van der Waals surface area contributed by atoms with E-state index in [1.807, 2.05) is 7.05 Å². The van der Waals surface area contributed by atoms with Gasteiger partial charge in [-0.2, -0.15) is 0 Å². The lowest BCUT2D eigenvalue weighted by atomic mass is 10.1. The zero-order valence-corrected chi connectivity index (χ0v) is 12.2. The van der Waals surface area contributed by atoms with Crippen LogP contribution in [0.5, 0.6) is 0 Å². The van der Waals surface area contributed by atoms with E-state index >= 15 is 0 Å². The van der Waals surface area contributed by atoms with Gasteiger partial charge in [-0.1, -0.05) is 12.1 Å². The third-order valence-corrected chi connectivity index (χ3v) is 3.74. The summed E-state index contributed by atoms with van der Waals surface area (Å²) in [5.74, 6) is 0. The molecule has 0 aliphatic rings. The van der Waals surface area contributed by atoms with Crippen molar-refractivity contribution in [3.63, 3.8) is 0 Å². The van der Waals surface area contributed by atoms with E-state index in [0.717, 1.165) is 19.5 Å². The van der Waals surface area contributed by atoms with Crippen LogP contribution in [0.4, 0.5) is 0 Å². The molecular formula is C14H24N2S. The molecule has 0 amide bonds. The van der Waals surface area contributed by atoms with Gasteiger partial charge in [0.25, 0.3) is 0 Å². The summed E-state index contributed by atoms with van der Waals surface area (Å²) in [6, 6.07) is 8.82. The second kappa shape index (κ2) is 7.04. The summed E-state index contributed by atoms with van der Waals surface area (Å²) >= 11 is 1.79. The summed E-state index contributed by atoms with van der Waals surface area (Å²) in [7, 11) is 2.00. The van der Waals surface area contributed by atoms with Crippen LogP contribution in [-0.2, 0) is 6.42 Å². The van der Waals surface area contributed by atoms with E-state index in [-0.39, 0.29) is 5.54 Å². The molecule has 2 nitrogen and oxygen atoms in total. The van der Waals surface area contributed by atoms with Crippen LogP contribution in [0.1, 0.15) is 19.4 Å². The van der Waals surface area contributed by atoms with Gasteiger partial charge < -0.3 is 10.6 Å². The number of benzene rings is 1. The molecule has 96 valence electrons. The molecule has 0 aliphatic heterocycles. The maximum absolute atomic E-state index is 3.49. The van der Waals surface area contributed by atoms with Gasteiger partial charge in [0, 0.05) is 17.0 Å². The fraction of sp³-hybridized carbons (Fsp3) is 0.571. The van der Waals surface area contributed by atoms with E-state index in [1.165, 1.54) is 10.5 Å². The van der Waals surface area contributed by atoms with Crippen molar-refractivity contribution >= 4 is 11.8 Å². The Bertz CT molecular complexity index is 319. The highest BCUT2D eigenvalue weighted by Crippen LogP contribution is 2.14. The normalized spacial score (nSPS) is 11.8. The molecule has 17 heavy (non-hydrogen) atoms. The van der Waals surface area contributed by atoms with Crippen LogP contribution in [0.3, 0.4) is 0 Å². The van der Waals surface area contributed by atoms with Crippen molar-refractivity contribution in [3.8, 4) is 0 Å². The number of nitrogens with one attached hydrogen (secondary N) is 2. The van der Waals surface area contributed by atoms with E-state index in [9.17, 15) is 0 Å². The van der Waals surface area contributed by atoms with Crippen LogP contribution in [0.25, 0.3) is 0 Å². The Morgan fingerprint density at radius 2 is 1.82 bits per heavy atom. The maximum Gasteiger partial charge on any atom is 0.0246 e. The second-order valence-electron chi connectivity index (χ2n) is 4.91. The molecule has 1 aromatic rings. The summed E-state index contributed by atoms with van der Waals surface area (Å²) < 4.78 is 0. The minimum absolute atomic E-state index is 0.169. The highest BCUT2D eigenvalue weighted by atomic mass is 32.2. The van der Waals surface area contributed by atoms with E-state index in [1.54, 1.807) is 11.8 Å². The molecule has 0 saturated heterocycles. The van der Waals surface area contributed by atoms with Crippen molar-refractivity contribution in [1.29, 1.82) is 0 Å². The molecule has 0 bridgehead atoms. The van der Waals surface area contributed by atoms with Crippen molar-refractivity contribution in [2.24, 2.45) is 0 Å². The summed E-state index contributed by atoms with van der Waals surface area (Å²) in [4.78, 5) is 1.33. The Morgan fingerprint density at radius 3 is 2.35 bits per heavy atom. The van der Waals surface area contributed by atoms with E-state index in [4.69, 9.17) is 0 Å². The van der Waals surface area contributed by atoms with Crippen molar-refractivity contribution in [2.75, 3.05) is 26.4 Å². The zero-order chi connectivity index (χ0) is 12.7. The van der Waals surface area contributed by atoms with Gasteiger partial charge in [-0.25, -0.2) is 0 Å². The van der Waals surface area contributed by atoms with Crippen molar-refractivity contribution < 1.29 is 0 Å². The molecule has 0 spiro atoms. The third kappa shape index (κ3) is 5.57. The van der Waals surface area contributed by atoms with E-state index in [2.05, 4.69) is 55.0 Å². The fourth-order valence-electron chi connectivity index (χ4n) is 1.51. The van der Waals surface area contributed by atoms with Crippen molar-refractivity contribution in [2.45, 2.75) is 30.7 Å². The standard InChI is InChI=1S/C14H24N2S/c1-14(2,15-3)11-16-10-9-12-5-7-13(17-4)8-6-12/h5-8,15-16H,9-11H2,1-4H3. The van der Waals surface area contributed by atoms with Crippen molar-refractivity contribution in [3.05, 3.63) is 29.8 Å². The molecule has 2 N–H and O–H groups in total. The van der Waals surface area contributed by atoms with Gasteiger partial charge in [0.15, 0.2) is 0 Å². The van der Waals surface area contributed by atoms with E-state index in [0.29, 0.717) is 0 Å². The Morgan fingerprint density at radius 1 is 1.18 bits per heavy atom. The molecule has 0 unspecified atom stereocenters. The first-order valence-corrected chi connectivity index (χ1v) is 7.32. The maximum atomic E-state index is 3.49. The average molecular weight is 252 g/mol. The number of thioether (sulfide) groups is 1. The predicted molar refractivity (Wildman–Crippen MR) is 77.9 cm³/mol. The summed E-state index contributed by atoms with van der Waals surface area (Å²) in [5.41, 5.74) is 1.57. The van der Waals surface area contributed by atoms with Crippen LogP contribution in [0.2, 0.25) is 0 Å². The van der Waals surface area contributed by atoms with Crippen LogP contribution in [0, 0.1) is 0 Å². The molecule has 0 heterocycles. The molecule has 0 fully saturated rings. The smallest absolute Gasteiger partial charge is 0.0246 e. The summed E-state index contributed by atoms with van der Waals surface area (Å²) in [6.45, 7) is 6.43. The second-order valence-corrected chi connectivity index (χ2v) is 5.79. The highest BCUT2D eigenvalue weighted by molar-refractivity contribution is 7.98. The molecule has 0 saturated carbocycles. The molecule has 1 aromatic carbocycles. The number of hydrogen-bond donors (Lipinski definition) is 2. The minimum Gasteiger partial charge on any atom is -0.315 e. The Balaban J connectivity index is 2.26. The quantitative estimate of drug-likeness (QED) is 0.576. The van der Waals surface area contributed by atoms with E-state index < -0.39 is 0 Å². The van der Waals surface area contributed by atoms with Gasteiger partial charge in [0.2, 0.25) is 0 Å². The largest absolute Gasteiger partial charge is 0.315 e. The molecule has 3 heteroatoms. The average Bonchev–Trinajstić information content (AvgIpc) is 2.35. The number of likely N-dealkylation sites (N-methyl/N-ethyl adjacent to an activating group) is 1. The lowest BCUT2D eigenvalue weighted by Gasteiger charge is -2.24. The number of rotatable bonds is 7. The predicted octanol–water partition coefficient (Wildman–Crippen LogP) is 2.54. The van der Waals surface area contributed by atoms with Gasteiger partial charge in [-0.05, 0) is 57.8 Å². The Kier molecular flexibility index (Phi) is 6.03. The molecular weight excluding hydrogens is 228 g/mol. The Labute approximate surface area is 110 Å². The molecule has 0 aliphatic carbocycles. The molecule has 0 radical (unpaired) electrons. The monoisotopic (exact) mass is 252 g/mol. The van der Waals surface area contributed by atoms with Gasteiger partial charge >= 0.3 is 0 Å². The third-order valence-electron chi connectivity index (χ3n) is 2.99. The first-order chi connectivity index (χ1) is 8.07. The van der Waals surface area contributed by atoms with Gasteiger partial charge in [-0.15, -0.1) is 11.8 Å².